The molecule has 0 saturated heterocycles. The van der Waals surface area contributed by atoms with Gasteiger partial charge in [-0.15, -0.1) is 0 Å². The second-order valence-corrected chi connectivity index (χ2v) is 3.02. The van der Waals surface area contributed by atoms with E-state index in [1.165, 1.54) is 0 Å². The molecule has 3 N–H and O–H groups in total. The topological polar surface area (TPSA) is 46.2 Å². The molecule has 2 rings (SSSR count). The van der Waals surface area contributed by atoms with Crippen LogP contribution in [0.5, 0.6) is 0 Å². The van der Waals surface area contributed by atoms with Crippen LogP contribution in [-0.4, -0.2) is 17.3 Å². The number of aliphatic hydroxyl groups is 1. The van der Waals surface area contributed by atoms with Crippen molar-refractivity contribution in [3.63, 3.8) is 0 Å². The van der Waals surface area contributed by atoms with Crippen LogP contribution in [0.25, 0.3) is 0 Å². The highest BCUT2D eigenvalue weighted by molar-refractivity contribution is 5.15. The van der Waals surface area contributed by atoms with Gasteiger partial charge in [-0.2, -0.15) is 0 Å². The van der Waals surface area contributed by atoms with Crippen LogP contribution in [0.4, 0.5) is 0 Å². The number of hydrogen-bond donors (Lipinski definition) is 2. The Hall–Kier alpha value is -0.340. The van der Waals surface area contributed by atoms with Crippen LogP contribution in [0.3, 0.4) is 0 Å². The first-order valence-electron chi connectivity index (χ1n) is 3.41. The fourth-order valence-electron chi connectivity index (χ4n) is 1.83. The van der Waals surface area contributed by atoms with Crippen LogP contribution >= 0.6 is 0 Å². The minimum atomic E-state index is -0.264. The van der Waals surface area contributed by atoms with Crippen LogP contribution in [0.1, 0.15) is 6.42 Å². The van der Waals surface area contributed by atoms with Gasteiger partial charge in [-0.25, -0.2) is 0 Å². The largest absolute Gasteiger partial charge is 0.391 e. The molecule has 0 heterocycles. The van der Waals surface area contributed by atoms with E-state index in [4.69, 9.17) is 5.73 Å². The Morgan fingerprint density at radius 2 is 2.00 bits per heavy atom. The molecule has 2 aliphatic carbocycles. The lowest BCUT2D eigenvalue weighted by Gasteiger charge is -2.18. The molecule has 1 saturated carbocycles. The van der Waals surface area contributed by atoms with Gasteiger partial charge < -0.3 is 10.8 Å². The normalized spacial score (nSPS) is 54.9. The van der Waals surface area contributed by atoms with Gasteiger partial charge in [-0.05, 0) is 12.3 Å². The molecule has 0 spiro atoms. The smallest absolute Gasteiger partial charge is 0.0759 e. The summed E-state index contributed by atoms with van der Waals surface area (Å²) in [6.45, 7) is 0. The van der Waals surface area contributed by atoms with Gasteiger partial charge in [0.1, 0.15) is 0 Å². The van der Waals surface area contributed by atoms with Crippen molar-refractivity contribution < 1.29 is 5.11 Å². The van der Waals surface area contributed by atoms with Crippen molar-refractivity contribution in [1.29, 1.82) is 0 Å². The maximum atomic E-state index is 9.31. The van der Waals surface area contributed by atoms with Crippen LogP contribution < -0.4 is 5.73 Å². The highest BCUT2D eigenvalue weighted by Gasteiger charge is 2.41. The molecule has 0 unspecified atom stereocenters. The lowest BCUT2D eigenvalue weighted by molar-refractivity contribution is 0.130. The third kappa shape index (κ3) is 0.575. The van der Waals surface area contributed by atoms with Crippen molar-refractivity contribution in [2.75, 3.05) is 0 Å². The van der Waals surface area contributed by atoms with Gasteiger partial charge in [0.2, 0.25) is 0 Å². The summed E-state index contributed by atoms with van der Waals surface area (Å²) in [4.78, 5) is 0. The highest BCUT2D eigenvalue weighted by Crippen LogP contribution is 2.37. The molecule has 2 bridgehead atoms. The first-order chi connectivity index (χ1) is 4.29. The zero-order valence-corrected chi connectivity index (χ0v) is 5.20. The summed E-state index contributed by atoms with van der Waals surface area (Å²) in [5.74, 6) is 0.829. The van der Waals surface area contributed by atoms with Gasteiger partial charge >= 0.3 is 0 Å². The first-order valence-corrected chi connectivity index (χ1v) is 3.41. The minimum Gasteiger partial charge on any atom is -0.391 e. The molecular formula is C7H11NO. The average molecular weight is 125 g/mol. The lowest BCUT2D eigenvalue weighted by atomic mass is 10.0. The van der Waals surface area contributed by atoms with E-state index in [1.54, 1.807) is 0 Å². The Labute approximate surface area is 54.4 Å². The van der Waals surface area contributed by atoms with Crippen molar-refractivity contribution in [3.8, 4) is 0 Å². The predicted molar refractivity (Wildman–Crippen MR) is 34.7 cm³/mol. The average Bonchev–Trinajstić information content (AvgIpc) is 2.37. The second-order valence-electron chi connectivity index (χ2n) is 3.02. The van der Waals surface area contributed by atoms with Gasteiger partial charge in [0.25, 0.3) is 0 Å². The summed E-state index contributed by atoms with van der Waals surface area (Å²) in [5, 5.41) is 9.31. The molecule has 50 valence electrons. The summed E-state index contributed by atoms with van der Waals surface area (Å²) in [6, 6.07) is 0.0139. The lowest BCUT2D eigenvalue weighted by Crippen LogP contribution is -2.37. The fraction of sp³-hybridized carbons (Fsp3) is 0.714. The summed E-state index contributed by atoms with van der Waals surface area (Å²) in [7, 11) is 0. The Morgan fingerprint density at radius 1 is 1.33 bits per heavy atom. The van der Waals surface area contributed by atoms with Gasteiger partial charge in [0.05, 0.1) is 6.10 Å². The maximum absolute atomic E-state index is 9.31. The second kappa shape index (κ2) is 1.58. The molecule has 2 nitrogen and oxygen atoms in total. The van der Waals surface area contributed by atoms with Crippen LogP contribution in [-0.2, 0) is 0 Å². The van der Waals surface area contributed by atoms with E-state index in [9.17, 15) is 5.11 Å². The molecule has 0 aliphatic heterocycles. The predicted octanol–water partition coefficient (Wildman–Crippen LogP) is -0.120. The molecule has 4 atom stereocenters. The zero-order chi connectivity index (χ0) is 6.43. The van der Waals surface area contributed by atoms with E-state index in [0.717, 1.165) is 6.42 Å². The van der Waals surface area contributed by atoms with Crippen molar-refractivity contribution >= 4 is 0 Å². The van der Waals surface area contributed by atoms with E-state index in [2.05, 4.69) is 12.2 Å². The molecule has 2 aliphatic rings. The SMILES string of the molecule is N[C@H]1[C@@H](O)[C@H]2C=C[C@@H]1C2. The third-order valence-electron chi connectivity index (χ3n) is 2.48. The van der Waals surface area contributed by atoms with Crippen molar-refractivity contribution in [2.24, 2.45) is 17.6 Å². The number of fused-ring (bicyclic) bond motifs is 2. The fourth-order valence-corrected chi connectivity index (χ4v) is 1.83. The molecule has 9 heavy (non-hydrogen) atoms. The van der Waals surface area contributed by atoms with Crippen molar-refractivity contribution in [2.45, 2.75) is 18.6 Å². The maximum Gasteiger partial charge on any atom is 0.0759 e. The number of nitrogens with two attached hydrogens (primary N) is 1. The Bertz CT molecular complexity index is 139. The molecule has 0 radical (unpaired) electrons. The summed E-state index contributed by atoms with van der Waals surface area (Å²) in [5.41, 5.74) is 5.66. The summed E-state index contributed by atoms with van der Waals surface area (Å²) in [6.07, 6.45) is 5.02. The van der Waals surface area contributed by atoms with Crippen LogP contribution in [0.15, 0.2) is 12.2 Å². The molecule has 1 fully saturated rings. The van der Waals surface area contributed by atoms with E-state index in [0.29, 0.717) is 11.8 Å². The van der Waals surface area contributed by atoms with Gasteiger partial charge in [0, 0.05) is 12.0 Å². The van der Waals surface area contributed by atoms with Crippen molar-refractivity contribution in [1.82, 2.24) is 0 Å². The van der Waals surface area contributed by atoms with E-state index < -0.39 is 0 Å². The van der Waals surface area contributed by atoms with Gasteiger partial charge in [0.15, 0.2) is 0 Å². The van der Waals surface area contributed by atoms with Crippen LogP contribution in [0.2, 0.25) is 0 Å². The molecule has 0 amide bonds. The van der Waals surface area contributed by atoms with Crippen LogP contribution in [0, 0.1) is 11.8 Å². The summed E-state index contributed by atoms with van der Waals surface area (Å²) >= 11 is 0. The molecule has 0 aromatic rings. The first kappa shape index (κ1) is 5.45. The monoisotopic (exact) mass is 125 g/mol. The molecule has 0 aromatic carbocycles. The molecule has 0 aromatic heterocycles. The van der Waals surface area contributed by atoms with E-state index in [1.807, 2.05) is 0 Å². The van der Waals surface area contributed by atoms with Gasteiger partial charge in [-0.1, -0.05) is 12.2 Å². The Kier molecular flexibility index (Phi) is 0.957. The Morgan fingerprint density at radius 3 is 2.33 bits per heavy atom. The number of hydrogen-bond acceptors (Lipinski definition) is 2. The molecule has 2 heteroatoms. The van der Waals surface area contributed by atoms with Gasteiger partial charge in [-0.3, -0.25) is 0 Å². The quantitative estimate of drug-likeness (QED) is 0.443. The zero-order valence-electron chi connectivity index (χ0n) is 5.20. The minimum absolute atomic E-state index is 0.0139. The number of aliphatic hydroxyl groups excluding tert-OH is 1. The van der Waals surface area contributed by atoms with E-state index >= 15 is 0 Å². The number of rotatable bonds is 0. The molecular weight excluding hydrogens is 114 g/mol. The third-order valence-corrected chi connectivity index (χ3v) is 2.48. The highest BCUT2D eigenvalue weighted by atomic mass is 16.3. The van der Waals surface area contributed by atoms with Crippen molar-refractivity contribution in [3.05, 3.63) is 12.2 Å². The van der Waals surface area contributed by atoms with E-state index in [-0.39, 0.29) is 12.1 Å². The summed E-state index contributed by atoms with van der Waals surface area (Å²) < 4.78 is 0. The standard InChI is InChI=1S/C7H11NO/c8-6-4-1-2-5(3-4)7(6)9/h1-2,4-7,9H,3,8H2/t4-,5+,6-,7+/m1/s1. The Balaban J connectivity index is 2.26.